The first-order chi connectivity index (χ1) is 6.68. The molecule has 1 N–H and O–H groups in total. The molecular formula is C9H14NO5-. The SMILES string of the molecule is CC1(C)OC(=O)N(CCC(=O)[O-])[C@@]1(C)O. The molecule has 0 aliphatic carbocycles. The second-order valence-electron chi connectivity index (χ2n) is 4.17. The molecule has 86 valence electrons. The first-order valence-corrected chi connectivity index (χ1v) is 4.61. The van der Waals surface area contributed by atoms with Crippen LogP contribution >= 0.6 is 0 Å². The van der Waals surface area contributed by atoms with E-state index in [-0.39, 0.29) is 13.0 Å². The monoisotopic (exact) mass is 216 g/mol. The molecule has 1 aliphatic heterocycles. The number of carbonyl (C=O) groups excluding carboxylic acids is 2. The summed E-state index contributed by atoms with van der Waals surface area (Å²) in [7, 11) is 0. The third-order valence-electron chi connectivity index (χ3n) is 2.77. The molecule has 1 aliphatic rings. The first-order valence-electron chi connectivity index (χ1n) is 4.61. The molecule has 0 aromatic rings. The van der Waals surface area contributed by atoms with E-state index in [0.717, 1.165) is 4.90 Å². The maximum atomic E-state index is 11.3. The predicted octanol–water partition coefficient (Wildman–Crippen LogP) is -0.934. The highest BCUT2D eigenvalue weighted by atomic mass is 16.6. The second-order valence-corrected chi connectivity index (χ2v) is 4.17. The van der Waals surface area contributed by atoms with Gasteiger partial charge >= 0.3 is 6.09 Å². The van der Waals surface area contributed by atoms with E-state index in [1.807, 2.05) is 0 Å². The first kappa shape index (κ1) is 11.8. The number of nitrogens with zero attached hydrogens (tertiary/aromatic N) is 1. The Bertz CT molecular complexity index is 297. The predicted molar refractivity (Wildman–Crippen MR) is 47.5 cm³/mol. The summed E-state index contributed by atoms with van der Waals surface area (Å²) in [6.07, 6.45) is -1.05. The number of carboxylic acids is 1. The number of carboxylic acid groups (broad SMARTS) is 1. The molecule has 15 heavy (non-hydrogen) atoms. The Hall–Kier alpha value is -1.30. The molecule has 1 saturated heterocycles. The van der Waals surface area contributed by atoms with Gasteiger partial charge in [-0.3, -0.25) is 4.90 Å². The van der Waals surface area contributed by atoms with Crippen molar-refractivity contribution in [2.75, 3.05) is 6.54 Å². The summed E-state index contributed by atoms with van der Waals surface area (Å²) < 4.78 is 4.93. The van der Waals surface area contributed by atoms with Crippen molar-refractivity contribution in [2.24, 2.45) is 0 Å². The number of rotatable bonds is 3. The second kappa shape index (κ2) is 3.37. The molecule has 1 heterocycles. The highest BCUT2D eigenvalue weighted by Gasteiger charge is 2.56. The number of aliphatic hydroxyl groups is 1. The summed E-state index contributed by atoms with van der Waals surface area (Å²) in [6.45, 7) is 4.40. The zero-order chi connectivity index (χ0) is 11.9. The fourth-order valence-corrected chi connectivity index (χ4v) is 1.38. The largest absolute Gasteiger partial charge is 0.550 e. The van der Waals surface area contributed by atoms with Gasteiger partial charge in [-0.25, -0.2) is 4.79 Å². The van der Waals surface area contributed by atoms with Crippen LogP contribution in [0.5, 0.6) is 0 Å². The number of amides is 1. The van der Waals surface area contributed by atoms with E-state index in [0.29, 0.717) is 0 Å². The molecule has 0 bridgehead atoms. The van der Waals surface area contributed by atoms with Gasteiger partial charge in [0.2, 0.25) is 0 Å². The summed E-state index contributed by atoms with van der Waals surface area (Å²) in [5.41, 5.74) is -2.57. The van der Waals surface area contributed by atoms with Gasteiger partial charge in [0.05, 0.1) is 0 Å². The van der Waals surface area contributed by atoms with Gasteiger partial charge in [0.25, 0.3) is 0 Å². The Labute approximate surface area is 87.4 Å². The topological polar surface area (TPSA) is 89.9 Å². The summed E-state index contributed by atoms with van der Waals surface area (Å²) in [5.74, 6) is -1.27. The average molecular weight is 216 g/mol. The van der Waals surface area contributed by atoms with Crippen molar-refractivity contribution < 1.29 is 24.5 Å². The fourth-order valence-electron chi connectivity index (χ4n) is 1.38. The van der Waals surface area contributed by atoms with E-state index in [2.05, 4.69) is 0 Å². The molecule has 0 unspecified atom stereocenters. The number of carbonyl (C=O) groups is 2. The smallest absolute Gasteiger partial charge is 0.412 e. The van der Waals surface area contributed by atoms with Gasteiger partial charge in [0.1, 0.15) is 0 Å². The summed E-state index contributed by atoms with van der Waals surface area (Å²) >= 11 is 0. The zero-order valence-electron chi connectivity index (χ0n) is 8.94. The standard InChI is InChI=1S/C9H15NO5/c1-8(2)9(3,14)10(7(13)15-8)5-4-6(11)12/h14H,4-5H2,1-3H3,(H,11,12)/p-1/t9-/m0/s1. The van der Waals surface area contributed by atoms with Crippen LogP contribution in [0.15, 0.2) is 0 Å². The van der Waals surface area contributed by atoms with Gasteiger partial charge < -0.3 is 19.7 Å². The molecule has 6 heteroatoms. The minimum Gasteiger partial charge on any atom is -0.550 e. The lowest BCUT2D eigenvalue weighted by Crippen LogP contribution is -2.54. The Kier molecular flexibility index (Phi) is 2.65. The van der Waals surface area contributed by atoms with E-state index < -0.39 is 23.4 Å². The normalized spacial score (nSPS) is 29.1. The number of ether oxygens (including phenoxy) is 1. The quantitative estimate of drug-likeness (QED) is 0.658. The third-order valence-corrected chi connectivity index (χ3v) is 2.77. The molecule has 0 radical (unpaired) electrons. The highest BCUT2D eigenvalue weighted by Crippen LogP contribution is 2.36. The van der Waals surface area contributed by atoms with Crippen LogP contribution in [0, 0.1) is 0 Å². The van der Waals surface area contributed by atoms with Gasteiger partial charge in [-0.1, -0.05) is 0 Å². The number of cyclic esters (lactones) is 1. The molecular weight excluding hydrogens is 202 g/mol. The van der Waals surface area contributed by atoms with Crippen LogP contribution in [0.2, 0.25) is 0 Å². The van der Waals surface area contributed by atoms with Crippen molar-refractivity contribution in [1.29, 1.82) is 0 Å². The lowest BCUT2D eigenvalue weighted by molar-refractivity contribution is -0.306. The Morgan fingerprint density at radius 3 is 2.40 bits per heavy atom. The van der Waals surface area contributed by atoms with Gasteiger partial charge in [-0.15, -0.1) is 0 Å². The summed E-state index contributed by atoms with van der Waals surface area (Å²) in [5, 5.41) is 20.3. The molecule has 1 fully saturated rings. The van der Waals surface area contributed by atoms with E-state index in [1.54, 1.807) is 13.8 Å². The number of hydrogen-bond acceptors (Lipinski definition) is 5. The van der Waals surface area contributed by atoms with Gasteiger partial charge in [0, 0.05) is 18.9 Å². The maximum absolute atomic E-state index is 11.3. The Morgan fingerprint density at radius 2 is 2.07 bits per heavy atom. The van der Waals surface area contributed by atoms with E-state index in [1.165, 1.54) is 6.92 Å². The van der Waals surface area contributed by atoms with Crippen LogP contribution in [-0.4, -0.2) is 39.9 Å². The van der Waals surface area contributed by atoms with Crippen molar-refractivity contribution in [3.8, 4) is 0 Å². The molecule has 0 saturated carbocycles. The molecule has 6 nitrogen and oxygen atoms in total. The van der Waals surface area contributed by atoms with Crippen molar-refractivity contribution in [3.05, 3.63) is 0 Å². The summed E-state index contributed by atoms with van der Waals surface area (Å²) in [4.78, 5) is 22.6. The molecule has 1 atom stereocenters. The van der Waals surface area contributed by atoms with Gasteiger partial charge in [0.15, 0.2) is 11.3 Å². The third kappa shape index (κ3) is 1.90. The summed E-state index contributed by atoms with van der Waals surface area (Å²) in [6, 6.07) is 0. The lowest BCUT2D eigenvalue weighted by atomic mass is 9.96. The van der Waals surface area contributed by atoms with E-state index in [9.17, 15) is 19.8 Å². The maximum Gasteiger partial charge on any atom is 0.412 e. The van der Waals surface area contributed by atoms with Crippen molar-refractivity contribution in [3.63, 3.8) is 0 Å². The van der Waals surface area contributed by atoms with Gasteiger partial charge in [-0.05, 0) is 20.8 Å². The minimum absolute atomic E-state index is 0.127. The Morgan fingerprint density at radius 1 is 1.53 bits per heavy atom. The van der Waals surface area contributed by atoms with Crippen LogP contribution in [0.4, 0.5) is 4.79 Å². The molecule has 1 amide bonds. The molecule has 0 aromatic carbocycles. The minimum atomic E-state index is -1.51. The van der Waals surface area contributed by atoms with Crippen LogP contribution < -0.4 is 5.11 Å². The molecule has 0 aromatic heterocycles. The average Bonchev–Trinajstić information content (AvgIpc) is 2.15. The molecule has 1 rings (SSSR count). The molecule has 0 spiro atoms. The van der Waals surface area contributed by atoms with E-state index >= 15 is 0 Å². The number of aliphatic carboxylic acids is 1. The number of hydrogen-bond donors (Lipinski definition) is 1. The lowest BCUT2D eigenvalue weighted by Gasteiger charge is -2.34. The van der Waals surface area contributed by atoms with Crippen LogP contribution in [0.25, 0.3) is 0 Å². The fraction of sp³-hybridized carbons (Fsp3) is 0.778. The van der Waals surface area contributed by atoms with Crippen LogP contribution in [-0.2, 0) is 9.53 Å². The van der Waals surface area contributed by atoms with Crippen LogP contribution in [0.3, 0.4) is 0 Å². The zero-order valence-corrected chi connectivity index (χ0v) is 8.94. The van der Waals surface area contributed by atoms with Gasteiger partial charge in [-0.2, -0.15) is 0 Å². The van der Waals surface area contributed by atoms with E-state index in [4.69, 9.17) is 4.74 Å². The van der Waals surface area contributed by atoms with Crippen molar-refractivity contribution >= 4 is 12.1 Å². The highest BCUT2D eigenvalue weighted by molar-refractivity contribution is 5.73. The van der Waals surface area contributed by atoms with Crippen molar-refractivity contribution in [1.82, 2.24) is 4.90 Å². The van der Waals surface area contributed by atoms with Crippen molar-refractivity contribution in [2.45, 2.75) is 38.5 Å². The van der Waals surface area contributed by atoms with Crippen LogP contribution in [0.1, 0.15) is 27.2 Å². The Balaban J connectivity index is 2.80.